The average molecular weight is 177 g/mol. The van der Waals surface area contributed by atoms with Crippen LogP contribution in [0.4, 0.5) is 5.82 Å². The van der Waals surface area contributed by atoms with Crippen LogP contribution >= 0.6 is 0 Å². The van der Waals surface area contributed by atoms with Crippen molar-refractivity contribution in [1.29, 1.82) is 0 Å². The Balaban J connectivity index is 2.21. The fraction of sp³-hybridized carbons (Fsp3) is 0.600. The lowest BCUT2D eigenvalue weighted by molar-refractivity contribution is 0.604. The van der Waals surface area contributed by atoms with Gasteiger partial charge in [0.1, 0.15) is 11.6 Å². The molecule has 0 bridgehead atoms. The van der Waals surface area contributed by atoms with Crippen LogP contribution in [0.25, 0.3) is 0 Å². The molecule has 3 nitrogen and oxygen atoms in total. The minimum absolute atomic E-state index is 0.418. The van der Waals surface area contributed by atoms with Crippen LogP contribution in [0, 0.1) is 0 Å². The molecular formula is C10H15N3. The monoisotopic (exact) mass is 177 g/mol. The van der Waals surface area contributed by atoms with Crippen LogP contribution in [-0.4, -0.2) is 23.1 Å². The summed E-state index contributed by atoms with van der Waals surface area (Å²) in [4.78, 5) is 11.0. The Morgan fingerprint density at radius 1 is 1.38 bits per heavy atom. The molecule has 70 valence electrons. The Hall–Kier alpha value is -1.12. The minimum Gasteiger partial charge on any atom is -0.356 e. The number of nitrogens with zero attached hydrogens (tertiary/aromatic N) is 3. The quantitative estimate of drug-likeness (QED) is 0.690. The molecule has 1 saturated heterocycles. The summed E-state index contributed by atoms with van der Waals surface area (Å²) in [7, 11) is 0. The summed E-state index contributed by atoms with van der Waals surface area (Å²) in [5, 5.41) is 0. The first-order valence-corrected chi connectivity index (χ1v) is 4.85. The van der Waals surface area contributed by atoms with Crippen LogP contribution < -0.4 is 4.90 Å². The van der Waals surface area contributed by atoms with E-state index in [1.807, 2.05) is 12.3 Å². The number of hydrogen-bond acceptors (Lipinski definition) is 3. The van der Waals surface area contributed by atoms with E-state index in [1.54, 1.807) is 0 Å². The highest BCUT2D eigenvalue weighted by Gasteiger charge is 2.16. The molecule has 1 aromatic rings. The molecule has 13 heavy (non-hydrogen) atoms. The van der Waals surface area contributed by atoms with Crippen molar-refractivity contribution in [2.75, 3.05) is 18.0 Å². The summed E-state index contributed by atoms with van der Waals surface area (Å²) >= 11 is 0. The van der Waals surface area contributed by atoms with E-state index in [-0.39, 0.29) is 0 Å². The van der Waals surface area contributed by atoms with Crippen molar-refractivity contribution in [2.24, 2.45) is 0 Å². The van der Waals surface area contributed by atoms with Gasteiger partial charge >= 0.3 is 0 Å². The van der Waals surface area contributed by atoms with Crippen molar-refractivity contribution in [3.63, 3.8) is 0 Å². The van der Waals surface area contributed by atoms with E-state index in [9.17, 15) is 0 Å². The molecule has 3 heteroatoms. The maximum absolute atomic E-state index is 4.51. The number of rotatable bonds is 2. The summed E-state index contributed by atoms with van der Waals surface area (Å²) in [6, 6.07) is 1.99. The number of anilines is 1. The van der Waals surface area contributed by atoms with Gasteiger partial charge in [0.05, 0.1) is 0 Å². The van der Waals surface area contributed by atoms with Gasteiger partial charge in [0.2, 0.25) is 0 Å². The van der Waals surface area contributed by atoms with E-state index in [0.29, 0.717) is 5.92 Å². The molecule has 0 N–H and O–H groups in total. The minimum atomic E-state index is 0.418. The van der Waals surface area contributed by atoms with Crippen LogP contribution in [0.2, 0.25) is 0 Å². The molecule has 1 aliphatic heterocycles. The molecule has 2 heterocycles. The second kappa shape index (κ2) is 3.32. The average Bonchev–Trinajstić information content (AvgIpc) is 2.01. The summed E-state index contributed by atoms with van der Waals surface area (Å²) < 4.78 is 0. The fourth-order valence-electron chi connectivity index (χ4n) is 1.36. The molecule has 2 rings (SSSR count). The maximum atomic E-state index is 4.51. The summed E-state index contributed by atoms with van der Waals surface area (Å²) in [5.41, 5.74) is 0. The molecule has 0 unspecified atom stereocenters. The van der Waals surface area contributed by atoms with Gasteiger partial charge in [0.15, 0.2) is 0 Å². The SMILES string of the molecule is CC(C)c1nccc(N2CCC2)n1. The van der Waals surface area contributed by atoms with E-state index in [0.717, 1.165) is 24.7 Å². The van der Waals surface area contributed by atoms with Gasteiger partial charge in [-0.2, -0.15) is 0 Å². The molecule has 0 amide bonds. The fourth-order valence-corrected chi connectivity index (χ4v) is 1.36. The Bertz CT molecular complexity index is 292. The predicted octanol–water partition coefficient (Wildman–Crippen LogP) is 1.81. The molecule has 0 saturated carbocycles. The van der Waals surface area contributed by atoms with Crippen molar-refractivity contribution in [2.45, 2.75) is 26.2 Å². The Morgan fingerprint density at radius 2 is 2.15 bits per heavy atom. The van der Waals surface area contributed by atoms with Gasteiger partial charge < -0.3 is 4.90 Å². The Labute approximate surface area is 78.8 Å². The molecular weight excluding hydrogens is 162 g/mol. The van der Waals surface area contributed by atoms with E-state index in [4.69, 9.17) is 0 Å². The van der Waals surface area contributed by atoms with E-state index < -0.39 is 0 Å². The van der Waals surface area contributed by atoms with Crippen molar-refractivity contribution in [3.8, 4) is 0 Å². The first-order valence-electron chi connectivity index (χ1n) is 4.85. The van der Waals surface area contributed by atoms with Gasteiger partial charge in [-0.15, -0.1) is 0 Å². The van der Waals surface area contributed by atoms with Crippen LogP contribution in [0.3, 0.4) is 0 Å². The smallest absolute Gasteiger partial charge is 0.133 e. The first kappa shape index (κ1) is 8.48. The Morgan fingerprint density at radius 3 is 2.69 bits per heavy atom. The summed E-state index contributed by atoms with van der Waals surface area (Å²) in [5.74, 6) is 2.45. The zero-order chi connectivity index (χ0) is 9.26. The van der Waals surface area contributed by atoms with Crippen LogP contribution in [0.1, 0.15) is 32.0 Å². The zero-order valence-corrected chi connectivity index (χ0v) is 8.20. The molecule has 0 aliphatic carbocycles. The normalized spacial score (nSPS) is 16.1. The van der Waals surface area contributed by atoms with Gasteiger partial charge in [0, 0.05) is 25.2 Å². The largest absolute Gasteiger partial charge is 0.356 e. The van der Waals surface area contributed by atoms with Crippen LogP contribution in [0.5, 0.6) is 0 Å². The summed E-state index contributed by atoms with van der Waals surface area (Å²) in [6.07, 6.45) is 3.15. The third kappa shape index (κ3) is 1.64. The lowest BCUT2D eigenvalue weighted by Crippen LogP contribution is -2.37. The number of aromatic nitrogens is 2. The molecule has 0 atom stereocenters. The molecule has 0 radical (unpaired) electrons. The first-order chi connectivity index (χ1) is 6.27. The van der Waals surface area contributed by atoms with E-state index in [2.05, 4.69) is 28.7 Å². The second-order valence-electron chi connectivity index (χ2n) is 3.77. The predicted molar refractivity (Wildman–Crippen MR) is 53.0 cm³/mol. The topological polar surface area (TPSA) is 29.0 Å². The van der Waals surface area contributed by atoms with Crippen molar-refractivity contribution >= 4 is 5.82 Å². The van der Waals surface area contributed by atoms with Crippen molar-refractivity contribution < 1.29 is 0 Å². The van der Waals surface area contributed by atoms with Gasteiger partial charge in [-0.25, -0.2) is 9.97 Å². The molecule has 1 aromatic heterocycles. The molecule has 1 fully saturated rings. The molecule has 0 aromatic carbocycles. The highest BCUT2D eigenvalue weighted by molar-refractivity contribution is 5.39. The second-order valence-corrected chi connectivity index (χ2v) is 3.77. The Kier molecular flexibility index (Phi) is 2.17. The lowest BCUT2D eigenvalue weighted by atomic mass is 10.2. The van der Waals surface area contributed by atoms with Gasteiger partial charge in [-0.1, -0.05) is 13.8 Å². The van der Waals surface area contributed by atoms with Gasteiger partial charge in [0.25, 0.3) is 0 Å². The van der Waals surface area contributed by atoms with E-state index in [1.165, 1.54) is 6.42 Å². The lowest BCUT2D eigenvalue weighted by Gasteiger charge is -2.32. The van der Waals surface area contributed by atoms with E-state index >= 15 is 0 Å². The van der Waals surface area contributed by atoms with Crippen molar-refractivity contribution in [1.82, 2.24) is 9.97 Å². The third-order valence-electron chi connectivity index (χ3n) is 2.36. The van der Waals surface area contributed by atoms with Gasteiger partial charge in [-0.3, -0.25) is 0 Å². The van der Waals surface area contributed by atoms with Crippen LogP contribution in [-0.2, 0) is 0 Å². The zero-order valence-electron chi connectivity index (χ0n) is 8.20. The summed E-state index contributed by atoms with van der Waals surface area (Å²) in [6.45, 7) is 6.54. The molecule has 1 aliphatic rings. The van der Waals surface area contributed by atoms with Gasteiger partial charge in [-0.05, 0) is 12.5 Å². The van der Waals surface area contributed by atoms with Crippen LogP contribution in [0.15, 0.2) is 12.3 Å². The highest BCUT2D eigenvalue weighted by atomic mass is 15.2. The number of hydrogen-bond donors (Lipinski definition) is 0. The maximum Gasteiger partial charge on any atom is 0.133 e. The third-order valence-corrected chi connectivity index (χ3v) is 2.36. The van der Waals surface area contributed by atoms with Crippen molar-refractivity contribution in [3.05, 3.63) is 18.1 Å². The standard InChI is InChI=1S/C10H15N3/c1-8(2)10-11-5-4-9(12-10)13-6-3-7-13/h4-5,8H,3,6-7H2,1-2H3. The molecule has 0 spiro atoms. The highest BCUT2D eigenvalue weighted by Crippen LogP contribution is 2.19.